The third kappa shape index (κ3) is 7.72. The summed E-state index contributed by atoms with van der Waals surface area (Å²) < 4.78 is 30.0. The van der Waals surface area contributed by atoms with E-state index in [4.69, 9.17) is 29.2 Å². The lowest BCUT2D eigenvalue weighted by atomic mass is 10.3. The normalized spacial score (nSPS) is 13.9. The minimum atomic E-state index is -1.46. The highest BCUT2D eigenvalue weighted by molar-refractivity contribution is 7.50. The van der Waals surface area contributed by atoms with E-state index in [1.807, 2.05) is 11.5 Å². The summed E-state index contributed by atoms with van der Waals surface area (Å²) in [5.74, 6) is 1.21. The van der Waals surface area contributed by atoms with Crippen LogP contribution in [0.15, 0.2) is 36.9 Å². The average Bonchev–Trinajstić information content (AvgIpc) is 3.26. The summed E-state index contributed by atoms with van der Waals surface area (Å²) >= 11 is 0. The molecule has 3 aromatic rings. The lowest BCUT2D eigenvalue weighted by Gasteiger charge is -2.26. The first kappa shape index (κ1) is 27.5. The standard InChI is InChI=1S/C23H33N6O6P/c1-15(2)34-23(30)19(11-31-4)28-36(35-18-8-6-17(32-5)7-9-18)14-33-16(3)10-29-13-27-20-21(24)25-12-26-22(20)29/h6-9,12-13,15-16,19,28H,10-11,14H2,1-5H3,(H2,24,25,26)/t16-,19+,36+/m1/s1. The van der Waals surface area contributed by atoms with Crippen LogP contribution >= 0.6 is 8.30 Å². The van der Waals surface area contributed by atoms with Crippen LogP contribution in [0, 0.1) is 0 Å². The molecule has 2 aromatic heterocycles. The van der Waals surface area contributed by atoms with Crippen molar-refractivity contribution >= 4 is 31.3 Å². The summed E-state index contributed by atoms with van der Waals surface area (Å²) in [6, 6.07) is 6.45. The number of fused-ring (bicyclic) bond motifs is 1. The first-order valence-electron chi connectivity index (χ1n) is 11.4. The number of carbonyl (C=O) groups excluding carboxylic acids is 1. The van der Waals surface area contributed by atoms with Gasteiger partial charge in [0.1, 0.15) is 35.7 Å². The van der Waals surface area contributed by atoms with Crippen LogP contribution in [0.5, 0.6) is 11.5 Å². The highest BCUT2D eigenvalue weighted by Crippen LogP contribution is 2.36. The number of rotatable bonds is 14. The molecule has 3 N–H and O–H groups in total. The van der Waals surface area contributed by atoms with Crippen molar-refractivity contribution in [2.24, 2.45) is 0 Å². The number of ether oxygens (including phenoxy) is 4. The van der Waals surface area contributed by atoms with Crippen molar-refractivity contribution in [1.82, 2.24) is 24.6 Å². The molecular weight excluding hydrogens is 487 g/mol. The average molecular weight is 521 g/mol. The largest absolute Gasteiger partial charge is 0.497 e. The molecule has 13 heteroatoms. The van der Waals surface area contributed by atoms with Crippen molar-refractivity contribution < 1.29 is 28.3 Å². The summed E-state index contributed by atoms with van der Waals surface area (Å²) in [6.07, 6.45) is 2.77. The number of esters is 1. The lowest BCUT2D eigenvalue weighted by molar-refractivity contribution is -0.150. The van der Waals surface area contributed by atoms with Crippen LogP contribution < -0.4 is 20.1 Å². The van der Waals surface area contributed by atoms with E-state index in [0.29, 0.717) is 35.0 Å². The molecule has 0 saturated heterocycles. The Kier molecular flexibility index (Phi) is 10.2. The van der Waals surface area contributed by atoms with Gasteiger partial charge in [-0.3, -0.25) is 4.79 Å². The number of anilines is 1. The number of benzene rings is 1. The summed E-state index contributed by atoms with van der Waals surface area (Å²) in [6.45, 7) is 6.11. The van der Waals surface area contributed by atoms with E-state index in [1.54, 1.807) is 51.6 Å². The summed E-state index contributed by atoms with van der Waals surface area (Å²) in [5, 5.41) is 3.22. The van der Waals surface area contributed by atoms with Gasteiger partial charge in [-0.15, -0.1) is 0 Å². The number of aromatic nitrogens is 4. The Morgan fingerprint density at radius 1 is 1.11 bits per heavy atom. The molecule has 0 unspecified atom stereocenters. The molecule has 0 aliphatic heterocycles. The number of imidazole rings is 1. The van der Waals surface area contributed by atoms with E-state index in [1.165, 1.54) is 13.4 Å². The van der Waals surface area contributed by atoms with Crippen LogP contribution in [0.25, 0.3) is 11.2 Å². The van der Waals surface area contributed by atoms with Crippen molar-refractivity contribution in [1.29, 1.82) is 0 Å². The van der Waals surface area contributed by atoms with Crippen LogP contribution in [-0.2, 0) is 25.5 Å². The van der Waals surface area contributed by atoms with E-state index >= 15 is 0 Å². The molecule has 1 aromatic carbocycles. The number of nitrogens with two attached hydrogens (primary N) is 1. The van der Waals surface area contributed by atoms with Crippen LogP contribution in [0.3, 0.4) is 0 Å². The topological polar surface area (TPSA) is 145 Å². The predicted molar refractivity (Wildman–Crippen MR) is 136 cm³/mol. The van der Waals surface area contributed by atoms with Gasteiger partial charge >= 0.3 is 5.97 Å². The van der Waals surface area contributed by atoms with Crippen molar-refractivity contribution in [3.05, 3.63) is 36.9 Å². The van der Waals surface area contributed by atoms with Crippen LogP contribution in [0.2, 0.25) is 0 Å². The second-order valence-corrected chi connectivity index (χ2v) is 9.66. The van der Waals surface area contributed by atoms with Crippen molar-refractivity contribution in [3.63, 3.8) is 0 Å². The van der Waals surface area contributed by atoms with Crippen LogP contribution in [-0.4, -0.2) is 70.9 Å². The summed E-state index contributed by atoms with van der Waals surface area (Å²) in [7, 11) is 1.66. The SMILES string of the molecule is COC[C@H](N[P@](CO[C@H](C)Cn1cnc2c(N)ncnc21)Oc1ccc(OC)cc1)C(=O)OC(C)C. The second-order valence-electron chi connectivity index (χ2n) is 8.20. The van der Waals surface area contributed by atoms with Crippen molar-refractivity contribution in [2.45, 2.75) is 45.6 Å². The van der Waals surface area contributed by atoms with E-state index < -0.39 is 20.3 Å². The molecule has 36 heavy (non-hydrogen) atoms. The Bertz CT molecular complexity index is 1110. The van der Waals surface area contributed by atoms with Gasteiger partial charge in [-0.1, -0.05) is 0 Å². The first-order valence-corrected chi connectivity index (χ1v) is 12.8. The molecule has 0 amide bonds. The molecule has 0 aliphatic carbocycles. The van der Waals surface area contributed by atoms with Gasteiger partial charge < -0.3 is 33.8 Å². The number of hydrogen-bond donors (Lipinski definition) is 2. The minimum absolute atomic E-state index is 0.119. The van der Waals surface area contributed by atoms with E-state index in [0.717, 1.165) is 0 Å². The molecule has 3 atom stereocenters. The maximum absolute atomic E-state index is 12.6. The molecule has 0 aliphatic rings. The van der Waals surface area contributed by atoms with Gasteiger partial charge in [-0.05, 0) is 45.0 Å². The number of methoxy groups -OCH3 is 2. The molecule has 3 rings (SSSR count). The Morgan fingerprint density at radius 2 is 1.83 bits per heavy atom. The predicted octanol–water partition coefficient (Wildman–Crippen LogP) is 2.73. The van der Waals surface area contributed by atoms with E-state index in [2.05, 4.69) is 20.0 Å². The third-order valence-electron chi connectivity index (χ3n) is 4.90. The molecule has 2 heterocycles. The van der Waals surface area contributed by atoms with Crippen LogP contribution in [0.1, 0.15) is 20.8 Å². The number of hydrogen-bond acceptors (Lipinski definition) is 11. The first-order chi connectivity index (χ1) is 17.3. The second kappa shape index (κ2) is 13.3. The molecule has 12 nitrogen and oxygen atoms in total. The maximum atomic E-state index is 12.6. The van der Waals surface area contributed by atoms with E-state index in [-0.39, 0.29) is 25.2 Å². The molecular formula is C23H33N6O6P. The maximum Gasteiger partial charge on any atom is 0.326 e. The number of nitrogen functional groups attached to an aromatic ring is 1. The van der Waals surface area contributed by atoms with Gasteiger partial charge in [0.2, 0.25) is 0 Å². The van der Waals surface area contributed by atoms with E-state index in [9.17, 15) is 4.79 Å². The highest BCUT2D eigenvalue weighted by Gasteiger charge is 2.27. The molecule has 0 saturated carbocycles. The van der Waals surface area contributed by atoms with Crippen molar-refractivity contribution in [3.8, 4) is 11.5 Å². The minimum Gasteiger partial charge on any atom is -0.497 e. The molecule has 196 valence electrons. The van der Waals surface area contributed by atoms with Gasteiger partial charge in [0, 0.05) is 7.11 Å². The molecule has 0 bridgehead atoms. The van der Waals surface area contributed by atoms with Gasteiger partial charge in [-0.2, -0.15) is 0 Å². The van der Waals surface area contributed by atoms with Gasteiger partial charge in [0.25, 0.3) is 0 Å². The Hall–Kier alpha value is -3.05. The fourth-order valence-corrected chi connectivity index (χ4v) is 4.70. The Morgan fingerprint density at radius 3 is 2.50 bits per heavy atom. The number of nitrogens with zero attached hydrogens (tertiary/aromatic N) is 4. The van der Waals surface area contributed by atoms with Gasteiger partial charge in [-0.25, -0.2) is 20.0 Å². The molecule has 0 radical (unpaired) electrons. The zero-order chi connectivity index (χ0) is 26.1. The lowest BCUT2D eigenvalue weighted by Crippen LogP contribution is -2.41. The quantitative estimate of drug-likeness (QED) is 0.239. The zero-order valence-electron chi connectivity index (χ0n) is 21.1. The fraction of sp³-hybridized carbons (Fsp3) is 0.478. The Labute approximate surface area is 211 Å². The number of carbonyl (C=O) groups is 1. The molecule has 0 fully saturated rings. The third-order valence-corrected chi connectivity index (χ3v) is 6.32. The zero-order valence-corrected chi connectivity index (χ0v) is 22.0. The summed E-state index contributed by atoms with van der Waals surface area (Å²) in [4.78, 5) is 25.1. The fourth-order valence-electron chi connectivity index (χ4n) is 3.22. The molecule has 0 spiro atoms. The highest BCUT2D eigenvalue weighted by atomic mass is 31.2. The smallest absolute Gasteiger partial charge is 0.326 e. The van der Waals surface area contributed by atoms with Crippen molar-refractivity contribution in [2.75, 3.05) is 32.9 Å². The van der Waals surface area contributed by atoms with Gasteiger partial charge in [0.15, 0.2) is 19.8 Å². The Balaban J connectivity index is 1.70. The monoisotopic (exact) mass is 520 g/mol. The van der Waals surface area contributed by atoms with Crippen LogP contribution in [0.4, 0.5) is 5.82 Å². The number of nitrogens with one attached hydrogen (secondary N) is 1. The van der Waals surface area contributed by atoms with Gasteiger partial charge in [0.05, 0.1) is 38.8 Å². The summed E-state index contributed by atoms with van der Waals surface area (Å²) in [5.41, 5.74) is 7.05.